The fourth-order valence-corrected chi connectivity index (χ4v) is 3.36. The van der Waals surface area contributed by atoms with Crippen LogP contribution in [0.2, 0.25) is 0 Å². The van der Waals surface area contributed by atoms with E-state index in [2.05, 4.69) is 10.3 Å². The van der Waals surface area contributed by atoms with Gasteiger partial charge in [0.1, 0.15) is 5.69 Å². The predicted molar refractivity (Wildman–Crippen MR) is 119 cm³/mol. The molecule has 7 nitrogen and oxygen atoms in total. The first-order valence-corrected chi connectivity index (χ1v) is 10.6. The number of amides is 1. The number of alkyl halides is 3. The summed E-state index contributed by atoms with van der Waals surface area (Å²) in [5.74, 6) is -1.18. The van der Waals surface area contributed by atoms with Crippen molar-refractivity contribution in [2.75, 3.05) is 6.61 Å². The Labute approximate surface area is 193 Å². The van der Waals surface area contributed by atoms with Crippen molar-refractivity contribution in [3.63, 3.8) is 0 Å². The van der Waals surface area contributed by atoms with Crippen molar-refractivity contribution >= 4 is 22.9 Å². The van der Waals surface area contributed by atoms with E-state index < -0.39 is 35.8 Å². The molecule has 3 rings (SSSR count). The normalized spacial score (nSPS) is 11.6. The Morgan fingerprint density at radius 2 is 1.82 bits per heavy atom. The Kier molecular flexibility index (Phi) is 7.70. The first kappa shape index (κ1) is 24.9. The van der Waals surface area contributed by atoms with Gasteiger partial charge in [0.05, 0.1) is 29.6 Å². The van der Waals surface area contributed by atoms with Gasteiger partial charge in [-0.05, 0) is 37.6 Å². The smallest absolute Gasteiger partial charge is 0.416 e. The van der Waals surface area contributed by atoms with E-state index in [0.29, 0.717) is 0 Å². The number of ether oxygens (including phenoxy) is 1. The summed E-state index contributed by atoms with van der Waals surface area (Å²) in [5, 5.41) is 2.58. The molecule has 34 heavy (non-hydrogen) atoms. The van der Waals surface area contributed by atoms with Gasteiger partial charge >= 0.3 is 12.1 Å². The third kappa shape index (κ3) is 6.43. The zero-order chi connectivity index (χ0) is 24.9. The molecular weight excluding hydrogens is 451 g/mol. The maximum Gasteiger partial charge on any atom is 0.416 e. The van der Waals surface area contributed by atoms with Crippen molar-refractivity contribution in [3.8, 4) is 0 Å². The summed E-state index contributed by atoms with van der Waals surface area (Å²) < 4.78 is 46.0. The third-order valence-corrected chi connectivity index (χ3v) is 4.90. The number of halogens is 3. The first-order chi connectivity index (χ1) is 16.0. The highest BCUT2D eigenvalue weighted by atomic mass is 19.4. The Balaban J connectivity index is 1.89. The zero-order valence-electron chi connectivity index (χ0n) is 18.7. The second kappa shape index (κ2) is 10.5. The summed E-state index contributed by atoms with van der Waals surface area (Å²) in [6.07, 6.45) is -4.98. The van der Waals surface area contributed by atoms with E-state index in [4.69, 9.17) is 4.74 Å². The van der Waals surface area contributed by atoms with Crippen molar-refractivity contribution in [1.82, 2.24) is 14.9 Å². The SMILES string of the molecule is CC(C)NC(=O)COC(=O)CCc1nc2cc(C(F)(F)F)ccc2n(Cc2ccccc2)c1=O. The molecule has 0 aliphatic carbocycles. The van der Waals surface area contributed by atoms with Crippen molar-refractivity contribution < 1.29 is 27.5 Å². The summed E-state index contributed by atoms with van der Waals surface area (Å²) >= 11 is 0. The third-order valence-electron chi connectivity index (χ3n) is 4.90. The van der Waals surface area contributed by atoms with Crippen molar-refractivity contribution in [2.24, 2.45) is 0 Å². The fraction of sp³-hybridized carbons (Fsp3) is 0.333. The highest BCUT2D eigenvalue weighted by Crippen LogP contribution is 2.31. The molecule has 180 valence electrons. The number of aromatic nitrogens is 2. The van der Waals surface area contributed by atoms with Crippen molar-refractivity contribution in [3.05, 3.63) is 75.7 Å². The molecule has 0 unspecified atom stereocenters. The highest BCUT2D eigenvalue weighted by molar-refractivity contribution is 5.80. The summed E-state index contributed by atoms with van der Waals surface area (Å²) in [6, 6.07) is 11.9. The summed E-state index contributed by atoms with van der Waals surface area (Å²) in [7, 11) is 0. The van der Waals surface area contributed by atoms with Gasteiger partial charge in [-0.1, -0.05) is 30.3 Å². The Hall–Kier alpha value is -3.69. The molecule has 1 heterocycles. The minimum Gasteiger partial charge on any atom is -0.456 e. The highest BCUT2D eigenvalue weighted by Gasteiger charge is 2.31. The van der Waals surface area contributed by atoms with Gasteiger partial charge in [-0.15, -0.1) is 0 Å². The van der Waals surface area contributed by atoms with E-state index in [1.54, 1.807) is 38.1 Å². The van der Waals surface area contributed by atoms with Crippen molar-refractivity contribution in [2.45, 2.75) is 45.5 Å². The van der Waals surface area contributed by atoms with E-state index in [1.807, 2.05) is 6.07 Å². The lowest BCUT2D eigenvalue weighted by atomic mass is 10.1. The molecule has 0 aliphatic rings. The van der Waals surface area contributed by atoms with Crippen LogP contribution < -0.4 is 10.9 Å². The van der Waals surface area contributed by atoms with E-state index in [-0.39, 0.29) is 42.2 Å². The minimum atomic E-state index is -4.57. The van der Waals surface area contributed by atoms with E-state index in [9.17, 15) is 27.6 Å². The number of hydrogen-bond acceptors (Lipinski definition) is 5. The molecule has 1 amide bonds. The number of nitrogens with zero attached hydrogens (tertiary/aromatic N) is 2. The van der Waals surface area contributed by atoms with Crippen LogP contribution in [0.15, 0.2) is 53.3 Å². The first-order valence-electron chi connectivity index (χ1n) is 10.6. The Morgan fingerprint density at radius 3 is 2.47 bits per heavy atom. The van der Waals surface area contributed by atoms with Crippen LogP contribution in [0, 0.1) is 0 Å². The van der Waals surface area contributed by atoms with Crippen molar-refractivity contribution in [1.29, 1.82) is 0 Å². The molecule has 3 aromatic rings. The van der Waals surface area contributed by atoms with Gasteiger partial charge in [-0.2, -0.15) is 13.2 Å². The number of benzene rings is 2. The lowest BCUT2D eigenvalue weighted by Gasteiger charge is -2.14. The summed E-state index contributed by atoms with van der Waals surface area (Å²) in [4.78, 5) is 40.9. The maximum atomic E-state index is 13.2. The molecule has 1 N–H and O–H groups in total. The van der Waals surface area contributed by atoms with Crippen LogP contribution in [0.25, 0.3) is 11.0 Å². The molecule has 2 aromatic carbocycles. The quantitative estimate of drug-likeness (QED) is 0.504. The number of carbonyl (C=O) groups is 2. The van der Waals surface area contributed by atoms with Crippen LogP contribution in [0.5, 0.6) is 0 Å². The number of nitrogens with one attached hydrogen (secondary N) is 1. The predicted octanol–water partition coefficient (Wildman–Crippen LogP) is 3.46. The molecule has 0 aliphatic heterocycles. The molecule has 0 atom stereocenters. The molecule has 0 saturated heterocycles. The van der Waals surface area contributed by atoms with Crippen LogP contribution >= 0.6 is 0 Å². The number of fused-ring (bicyclic) bond motifs is 1. The molecular formula is C24H24F3N3O4. The van der Waals surface area contributed by atoms with E-state index in [1.165, 1.54) is 10.6 Å². The van der Waals surface area contributed by atoms with Gasteiger partial charge in [-0.25, -0.2) is 4.98 Å². The number of carbonyl (C=O) groups excluding carboxylic acids is 2. The molecule has 0 saturated carbocycles. The zero-order valence-corrected chi connectivity index (χ0v) is 18.7. The summed E-state index contributed by atoms with van der Waals surface area (Å²) in [5.41, 5.74) is -0.450. The molecule has 0 bridgehead atoms. The standard InChI is InChI=1S/C24H24F3N3O4/c1-15(2)28-21(31)14-34-22(32)11-9-18-23(33)30(13-16-6-4-3-5-7-16)20-10-8-17(24(25,26)27)12-19(20)29-18/h3-8,10,12,15H,9,11,13-14H2,1-2H3,(H,28,31). The van der Waals surface area contributed by atoms with Crippen LogP contribution in [0.3, 0.4) is 0 Å². The second-order valence-corrected chi connectivity index (χ2v) is 8.02. The molecule has 0 radical (unpaired) electrons. The van der Waals surface area contributed by atoms with Crippen LogP contribution in [0.4, 0.5) is 13.2 Å². The largest absolute Gasteiger partial charge is 0.456 e. The molecule has 0 fully saturated rings. The lowest BCUT2D eigenvalue weighted by molar-refractivity contribution is -0.148. The van der Waals surface area contributed by atoms with Crippen LogP contribution in [-0.4, -0.2) is 34.1 Å². The fourth-order valence-electron chi connectivity index (χ4n) is 3.36. The lowest BCUT2D eigenvalue weighted by Crippen LogP contribution is -2.34. The maximum absolute atomic E-state index is 13.2. The number of aryl methyl sites for hydroxylation is 1. The second-order valence-electron chi connectivity index (χ2n) is 8.02. The number of esters is 1. The summed E-state index contributed by atoms with van der Waals surface area (Å²) in [6.45, 7) is 3.18. The average molecular weight is 475 g/mol. The average Bonchev–Trinajstić information content (AvgIpc) is 2.77. The van der Waals surface area contributed by atoms with Gasteiger partial charge in [0.15, 0.2) is 6.61 Å². The van der Waals surface area contributed by atoms with Gasteiger partial charge in [0, 0.05) is 12.5 Å². The molecule has 1 aromatic heterocycles. The van der Waals surface area contributed by atoms with Gasteiger partial charge in [0.25, 0.3) is 11.5 Å². The van der Waals surface area contributed by atoms with Gasteiger partial charge < -0.3 is 14.6 Å². The topological polar surface area (TPSA) is 90.3 Å². The Morgan fingerprint density at radius 1 is 1.12 bits per heavy atom. The monoisotopic (exact) mass is 475 g/mol. The minimum absolute atomic E-state index is 0.00923. The number of hydrogen-bond donors (Lipinski definition) is 1. The van der Waals surface area contributed by atoms with Gasteiger partial charge in [0.2, 0.25) is 0 Å². The molecule has 10 heteroatoms. The van der Waals surface area contributed by atoms with Gasteiger partial charge in [-0.3, -0.25) is 14.4 Å². The Bertz CT molecular complexity index is 1240. The number of rotatable bonds is 8. The van der Waals surface area contributed by atoms with Crippen LogP contribution in [-0.2, 0) is 33.5 Å². The van der Waals surface area contributed by atoms with Crippen LogP contribution in [0.1, 0.15) is 37.1 Å². The van der Waals surface area contributed by atoms with E-state index in [0.717, 1.165) is 17.7 Å². The van der Waals surface area contributed by atoms with E-state index >= 15 is 0 Å². The molecule has 0 spiro atoms.